The SMILES string of the molecule is CC1(C)c2ccccc2-c2c1ccc1c3c4ccccc4c(-n4c5ccccc5c5ccccc54)cc3n(-c3nc(-c4ccc(-c5ccccc5)cc4)c4ccccc4n3)c21. The van der Waals surface area contributed by atoms with Gasteiger partial charge in [-0.3, -0.25) is 4.57 Å². The van der Waals surface area contributed by atoms with Crippen molar-refractivity contribution < 1.29 is 0 Å². The maximum absolute atomic E-state index is 5.65. The summed E-state index contributed by atoms with van der Waals surface area (Å²) < 4.78 is 4.85. The second-order valence-corrected chi connectivity index (χ2v) is 16.9. The summed E-state index contributed by atoms with van der Waals surface area (Å²) in [5.41, 5.74) is 15.9. The molecule has 286 valence electrons. The first-order valence-corrected chi connectivity index (χ1v) is 21.1. The van der Waals surface area contributed by atoms with E-state index in [-0.39, 0.29) is 5.41 Å². The van der Waals surface area contributed by atoms with Crippen molar-refractivity contribution in [3.8, 4) is 45.1 Å². The summed E-state index contributed by atoms with van der Waals surface area (Å²) in [6.07, 6.45) is 0. The van der Waals surface area contributed by atoms with Crippen LogP contribution in [0.25, 0.3) is 110 Å². The number of fused-ring (bicyclic) bond motifs is 13. The first kappa shape index (κ1) is 34.1. The van der Waals surface area contributed by atoms with Gasteiger partial charge in [0.15, 0.2) is 0 Å². The van der Waals surface area contributed by atoms with E-state index in [0.717, 1.165) is 38.9 Å². The second-order valence-electron chi connectivity index (χ2n) is 16.9. The van der Waals surface area contributed by atoms with E-state index in [9.17, 15) is 0 Å². The lowest BCUT2D eigenvalue weighted by Crippen LogP contribution is -2.14. The number of aromatic nitrogens is 4. The maximum atomic E-state index is 5.65. The molecule has 3 heterocycles. The number of rotatable bonds is 4. The molecule has 0 aliphatic heterocycles. The van der Waals surface area contributed by atoms with Gasteiger partial charge in [0, 0.05) is 48.9 Å². The van der Waals surface area contributed by atoms with Crippen LogP contribution in [0.3, 0.4) is 0 Å². The topological polar surface area (TPSA) is 35.6 Å². The molecule has 4 heteroatoms. The highest BCUT2D eigenvalue weighted by Crippen LogP contribution is 2.54. The fraction of sp³-hybridized carbons (Fsp3) is 0.0526. The summed E-state index contributed by atoms with van der Waals surface area (Å²) in [5.74, 6) is 0.653. The fourth-order valence-electron chi connectivity index (χ4n) is 10.5. The van der Waals surface area contributed by atoms with E-state index in [1.54, 1.807) is 0 Å². The number of hydrogen-bond acceptors (Lipinski definition) is 2. The van der Waals surface area contributed by atoms with Crippen LogP contribution in [0.15, 0.2) is 194 Å². The molecule has 0 amide bonds. The Morgan fingerprint density at radius 3 is 1.75 bits per heavy atom. The molecule has 12 aromatic rings. The zero-order chi connectivity index (χ0) is 40.4. The minimum atomic E-state index is -0.187. The van der Waals surface area contributed by atoms with Crippen molar-refractivity contribution in [1.82, 2.24) is 19.1 Å². The Morgan fingerprint density at radius 1 is 0.410 bits per heavy atom. The Morgan fingerprint density at radius 2 is 1.00 bits per heavy atom. The van der Waals surface area contributed by atoms with Crippen molar-refractivity contribution in [2.24, 2.45) is 0 Å². The van der Waals surface area contributed by atoms with Crippen LogP contribution in [0.2, 0.25) is 0 Å². The number of benzene rings is 9. The first-order valence-electron chi connectivity index (χ1n) is 21.1. The van der Waals surface area contributed by atoms with Gasteiger partial charge in [-0.1, -0.05) is 184 Å². The van der Waals surface area contributed by atoms with Crippen LogP contribution >= 0.6 is 0 Å². The number of nitrogens with zero attached hydrogens (tertiary/aromatic N) is 4. The van der Waals surface area contributed by atoms with Crippen molar-refractivity contribution in [1.29, 1.82) is 0 Å². The van der Waals surface area contributed by atoms with Gasteiger partial charge in [-0.25, -0.2) is 9.97 Å². The molecule has 1 aliphatic rings. The standard InChI is InChI=1S/C57H38N4/c1-57(2)45-24-12-8-22-42(45)53-46(57)33-32-44-52-41-21-7-6-20-40(41)50(60-48-26-14-10-18-38(48)39-19-11-15-27-49(39)60)34-51(52)61(55(44)53)56-58-47-25-13-9-23-43(47)54(59-56)37-30-28-36(29-31-37)35-16-4-3-5-17-35/h3-34H,1-2H3. The maximum Gasteiger partial charge on any atom is 0.235 e. The number of para-hydroxylation sites is 3. The zero-order valence-corrected chi connectivity index (χ0v) is 33.8. The largest absolute Gasteiger partial charge is 0.309 e. The number of hydrogen-bond donors (Lipinski definition) is 0. The lowest BCUT2D eigenvalue weighted by Gasteiger charge is -2.21. The van der Waals surface area contributed by atoms with Crippen LogP contribution in [-0.2, 0) is 5.41 Å². The van der Waals surface area contributed by atoms with E-state index in [2.05, 4.69) is 217 Å². The van der Waals surface area contributed by atoms with E-state index >= 15 is 0 Å². The molecule has 0 radical (unpaired) electrons. The smallest absolute Gasteiger partial charge is 0.235 e. The predicted molar refractivity (Wildman–Crippen MR) is 254 cm³/mol. The molecule has 0 unspecified atom stereocenters. The van der Waals surface area contributed by atoms with Gasteiger partial charge in [0.05, 0.1) is 39.0 Å². The third kappa shape index (κ3) is 4.76. The average molecular weight is 779 g/mol. The molecule has 13 rings (SSSR count). The van der Waals surface area contributed by atoms with Crippen molar-refractivity contribution in [3.05, 3.63) is 205 Å². The normalized spacial score (nSPS) is 13.2. The summed E-state index contributed by atoms with van der Waals surface area (Å²) in [5, 5.41) is 8.28. The van der Waals surface area contributed by atoms with Crippen LogP contribution in [0.1, 0.15) is 25.0 Å². The molecule has 0 bridgehead atoms. The van der Waals surface area contributed by atoms with Gasteiger partial charge in [-0.2, -0.15) is 0 Å². The molecule has 0 spiro atoms. The molecule has 0 saturated carbocycles. The quantitative estimate of drug-likeness (QED) is 0.178. The summed E-state index contributed by atoms with van der Waals surface area (Å²) in [4.78, 5) is 11.2. The van der Waals surface area contributed by atoms with E-state index in [1.807, 2.05) is 0 Å². The van der Waals surface area contributed by atoms with Gasteiger partial charge in [-0.05, 0) is 57.5 Å². The minimum Gasteiger partial charge on any atom is -0.309 e. The summed E-state index contributed by atoms with van der Waals surface area (Å²) in [6.45, 7) is 4.71. The van der Waals surface area contributed by atoms with Crippen molar-refractivity contribution in [3.63, 3.8) is 0 Å². The van der Waals surface area contributed by atoms with Gasteiger partial charge >= 0.3 is 0 Å². The van der Waals surface area contributed by atoms with Gasteiger partial charge in [0.1, 0.15) is 0 Å². The second kappa shape index (κ2) is 12.6. The fourth-order valence-corrected chi connectivity index (χ4v) is 10.5. The summed E-state index contributed by atoms with van der Waals surface area (Å²) >= 11 is 0. The van der Waals surface area contributed by atoms with Gasteiger partial charge in [-0.15, -0.1) is 0 Å². The molecule has 61 heavy (non-hydrogen) atoms. The van der Waals surface area contributed by atoms with Crippen LogP contribution in [0.5, 0.6) is 0 Å². The lowest BCUT2D eigenvalue weighted by atomic mass is 9.82. The third-order valence-electron chi connectivity index (χ3n) is 13.3. The first-order chi connectivity index (χ1) is 30.0. The molecule has 0 N–H and O–H groups in total. The predicted octanol–water partition coefficient (Wildman–Crippen LogP) is 14.6. The van der Waals surface area contributed by atoms with Gasteiger partial charge in [0.2, 0.25) is 5.95 Å². The van der Waals surface area contributed by atoms with Crippen molar-refractivity contribution >= 4 is 65.3 Å². The lowest BCUT2D eigenvalue weighted by molar-refractivity contribution is 0.661. The monoisotopic (exact) mass is 778 g/mol. The molecule has 1 aliphatic carbocycles. The molecule has 9 aromatic carbocycles. The van der Waals surface area contributed by atoms with Crippen LogP contribution in [0.4, 0.5) is 0 Å². The zero-order valence-electron chi connectivity index (χ0n) is 33.8. The Balaban J connectivity index is 1.19. The van der Waals surface area contributed by atoms with Crippen molar-refractivity contribution in [2.75, 3.05) is 0 Å². The molecular formula is C57H38N4. The Bertz CT molecular complexity index is 3720. The third-order valence-corrected chi connectivity index (χ3v) is 13.3. The molecule has 0 fully saturated rings. The van der Waals surface area contributed by atoms with E-state index in [0.29, 0.717) is 5.95 Å². The molecule has 0 saturated heterocycles. The van der Waals surface area contributed by atoms with Gasteiger partial charge in [0.25, 0.3) is 0 Å². The Hall–Kier alpha value is -7.82. The Labute approximate surface area is 352 Å². The minimum absolute atomic E-state index is 0.187. The average Bonchev–Trinajstić information content (AvgIpc) is 3.92. The van der Waals surface area contributed by atoms with Crippen LogP contribution in [-0.4, -0.2) is 19.1 Å². The summed E-state index contributed by atoms with van der Waals surface area (Å²) in [7, 11) is 0. The Kier molecular flexibility index (Phi) is 7.04. The van der Waals surface area contributed by atoms with Crippen LogP contribution < -0.4 is 0 Å². The van der Waals surface area contributed by atoms with E-state index in [4.69, 9.17) is 9.97 Å². The van der Waals surface area contributed by atoms with Gasteiger partial charge < -0.3 is 4.57 Å². The highest BCUT2D eigenvalue weighted by molar-refractivity contribution is 6.26. The van der Waals surface area contributed by atoms with Crippen molar-refractivity contribution in [2.45, 2.75) is 19.3 Å². The van der Waals surface area contributed by atoms with Crippen LogP contribution in [0, 0.1) is 0 Å². The molecule has 0 atom stereocenters. The highest BCUT2D eigenvalue weighted by Gasteiger charge is 2.38. The van der Waals surface area contributed by atoms with E-state index in [1.165, 1.54) is 76.7 Å². The molecule has 4 nitrogen and oxygen atoms in total. The highest BCUT2D eigenvalue weighted by atomic mass is 15.2. The van der Waals surface area contributed by atoms with E-state index < -0.39 is 0 Å². The molecule has 3 aromatic heterocycles. The molecular weight excluding hydrogens is 741 g/mol. The summed E-state index contributed by atoms with van der Waals surface area (Å²) in [6, 6.07) is 70.4.